The molecule has 1 atom stereocenters. The van der Waals surface area contributed by atoms with Crippen molar-refractivity contribution in [2.75, 3.05) is 86.5 Å². The van der Waals surface area contributed by atoms with Crippen LogP contribution < -0.4 is 30.3 Å². The van der Waals surface area contributed by atoms with Crippen LogP contribution in [0.4, 0.5) is 34.4 Å². The number of para-hydroxylation sites is 1. The van der Waals surface area contributed by atoms with Crippen LogP contribution in [-0.2, 0) is 9.59 Å². The number of piperazine rings is 1. The van der Waals surface area contributed by atoms with Gasteiger partial charge in [-0.1, -0.05) is 25.3 Å². The summed E-state index contributed by atoms with van der Waals surface area (Å²) in [5.41, 5.74) is 5.32. The van der Waals surface area contributed by atoms with Crippen LogP contribution in [0.15, 0.2) is 78.3 Å². The summed E-state index contributed by atoms with van der Waals surface area (Å²) < 4.78 is 7.54. The maximum atomic E-state index is 14.9. The van der Waals surface area contributed by atoms with Gasteiger partial charge in [-0.25, -0.2) is 4.98 Å². The van der Waals surface area contributed by atoms with Gasteiger partial charge in [0.25, 0.3) is 11.5 Å². The minimum atomic E-state index is -0.345. The quantitative estimate of drug-likeness (QED) is 0.249. The van der Waals surface area contributed by atoms with E-state index < -0.39 is 0 Å². The van der Waals surface area contributed by atoms with Gasteiger partial charge in [0.15, 0.2) is 0 Å². The molecule has 5 heterocycles. The summed E-state index contributed by atoms with van der Waals surface area (Å²) in [5.74, 6) is 0.647. The molecule has 2 aromatic carbocycles. The third-order valence-electron chi connectivity index (χ3n) is 10.5. The van der Waals surface area contributed by atoms with Gasteiger partial charge in [0.05, 0.1) is 30.2 Å². The Hall–Kier alpha value is -5.69. The van der Waals surface area contributed by atoms with E-state index in [1.807, 2.05) is 48.2 Å². The molecule has 0 saturated carbocycles. The van der Waals surface area contributed by atoms with Crippen molar-refractivity contribution in [3.63, 3.8) is 0 Å². The molecule has 3 aliphatic heterocycles. The molecule has 276 valence electrons. The smallest absolute Gasteiger partial charge is 0.276 e. The van der Waals surface area contributed by atoms with Crippen molar-refractivity contribution in [2.24, 2.45) is 0 Å². The first kappa shape index (κ1) is 35.7. The Morgan fingerprint density at radius 2 is 1.81 bits per heavy atom. The predicted molar refractivity (Wildman–Crippen MR) is 210 cm³/mol. The lowest BCUT2D eigenvalue weighted by atomic mass is 10.0. The normalized spacial score (nSPS) is 17.8. The van der Waals surface area contributed by atoms with Gasteiger partial charge in [0, 0.05) is 81.3 Å². The van der Waals surface area contributed by atoms with Gasteiger partial charge in [-0.3, -0.25) is 19.0 Å². The Kier molecular flexibility index (Phi) is 9.93. The van der Waals surface area contributed by atoms with Crippen LogP contribution in [-0.4, -0.2) is 103 Å². The number of nitrogens with one attached hydrogen (secondary N) is 1. The minimum absolute atomic E-state index is 0.125. The van der Waals surface area contributed by atoms with Crippen molar-refractivity contribution >= 4 is 57.2 Å². The molecule has 0 bridgehead atoms. The number of anilines is 6. The number of carbonyl (C=O) groups excluding carboxylic acids is 2. The number of hydrogen-bond donors (Lipinski definition) is 1. The first-order chi connectivity index (χ1) is 25.6. The zero-order chi connectivity index (χ0) is 37.4. The average molecular weight is 718 g/mol. The molecule has 0 aliphatic carbocycles. The lowest BCUT2D eigenvalue weighted by Gasteiger charge is -2.39. The van der Waals surface area contributed by atoms with Crippen molar-refractivity contribution in [2.45, 2.75) is 32.7 Å². The SMILES string of the molecule is C=CC(=O)N1CCN(c2cc3cnc(Nc4ccc(N5CCN(C)CC5)cc4OC)nc3n([C@@H]3CCCN(C(=O)C(=C)C)C3)c2=O)c2cccc(C)c21. The molecule has 7 rings (SSSR count). The monoisotopic (exact) mass is 717 g/mol. The zero-order valence-electron chi connectivity index (χ0n) is 31.0. The van der Waals surface area contributed by atoms with Crippen molar-refractivity contribution < 1.29 is 14.3 Å². The van der Waals surface area contributed by atoms with E-state index in [9.17, 15) is 14.4 Å². The van der Waals surface area contributed by atoms with Crippen LogP contribution in [0.5, 0.6) is 5.75 Å². The zero-order valence-corrected chi connectivity index (χ0v) is 31.0. The molecule has 0 radical (unpaired) electrons. The van der Waals surface area contributed by atoms with Crippen LogP contribution in [0, 0.1) is 6.92 Å². The van der Waals surface area contributed by atoms with E-state index in [4.69, 9.17) is 14.7 Å². The van der Waals surface area contributed by atoms with Gasteiger partial charge >= 0.3 is 0 Å². The number of fused-ring (bicyclic) bond motifs is 2. The molecule has 13 heteroatoms. The van der Waals surface area contributed by atoms with Crippen LogP contribution in [0.25, 0.3) is 11.0 Å². The Morgan fingerprint density at radius 1 is 1.02 bits per heavy atom. The number of aryl methyl sites for hydroxylation is 1. The van der Waals surface area contributed by atoms with Gasteiger partial charge in [0.2, 0.25) is 11.9 Å². The number of piperidine rings is 1. The fourth-order valence-corrected chi connectivity index (χ4v) is 7.71. The predicted octanol–water partition coefficient (Wildman–Crippen LogP) is 5.01. The summed E-state index contributed by atoms with van der Waals surface area (Å²) >= 11 is 0. The van der Waals surface area contributed by atoms with E-state index in [1.54, 1.807) is 34.6 Å². The lowest BCUT2D eigenvalue weighted by molar-refractivity contribution is -0.128. The summed E-state index contributed by atoms with van der Waals surface area (Å²) in [6.45, 7) is 16.8. The summed E-state index contributed by atoms with van der Waals surface area (Å²) in [5, 5.41) is 4.01. The summed E-state index contributed by atoms with van der Waals surface area (Å²) in [6, 6.07) is 13.4. The molecule has 13 nitrogen and oxygen atoms in total. The van der Waals surface area contributed by atoms with E-state index in [0.717, 1.165) is 55.2 Å². The third kappa shape index (κ3) is 6.84. The highest BCUT2D eigenvalue weighted by atomic mass is 16.5. The van der Waals surface area contributed by atoms with Crippen molar-refractivity contribution in [3.05, 3.63) is 89.4 Å². The number of benzene rings is 2. The molecule has 0 unspecified atom stereocenters. The average Bonchev–Trinajstić information content (AvgIpc) is 3.17. The maximum absolute atomic E-state index is 14.9. The number of rotatable bonds is 8. The van der Waals surface area contributed by atoms with E-state index in [2.05, 4.69) is 41.4 Å². The number of amides is 2. The lowest BCUT2D eigenvalue weighted by Crippen LogP contribution is -2.46. The van der Waals surface area contributed by atoms with Crippen molar-refractivity contribution in [1.82, 2.24) is 24.3 Å². The summed E-state index contributed by atoms with van der Waals surface area (Å²) in [7, 11) is 3.78. The van der Waals surface area contributed by atoms with E-state index in [-0.39, 0.29) is 23.4 Å². The first-order valence-corrected chi connectivity index (χ1v) is 18.1. The van der Waals surface area contributed by atoms with Crippen LogP contribution in [0.2, 0.25) is 0 Å². The number of hydrogen-bond acceptors (Lipinski definition) is 10. The van der Waals surface area contributed by atoms with Crippen molar-refractivity contribution in [3.8, 4) is 5.75 Å². The van der Waals surface area contributed by atoms with Gasteiger partial charge in [-0.05, 0) is 69.6 Å². The molecular formula is C40H47N9O4. The Morgan fingerprint density at radius 3 is 2.55 bits per heavy atom. The summed E-state index contributed by atoms with van der Waals surface area (Å²) in [4.78, 5) is 60.8. The standard InChI is InChI=1S/C40H47N9O4/c1-7-35(50)48-21-20-47(32-12-8-10-27(4)36(32)48)33-22-28-24-41-40(42-31-14-13-29(23-34(31)53-6)45-18-16-44(5)17-19-45)43-37(28)49(39(33)52)30-11-9-15-46(25-30)38(51)26(2)3/h7-8,10,12-14,22-24,30H,1-2,9,11,15-21,25H2,3-6H3,(H,41,42,43)/t30-/m1/s1. The number of carbonyl (C=O) groups is 2. The molecule has 2 saturated heterocycles. The van der Waals surface area contributed by atoms with Gasteiger partial charge in [-0.15, -0.1) is 0 Å². The number of likely N-dealkylation sites (tertiary alicyclic amines) is 1. The van der Waals surface area contributed by atoms with E-state index >= 15 is 0 Å². The third-order valence-corrected chi connectivity index (χ3v) is 10.5. The van der Waals surface area contributed by atoms with Crippen LogP contribution in [0.3, 0.4) is 0 Å². The Labute approximate surface area is 309 Å². The number of likely N-dealkylation sites (N-methyl/N-ethyl adjacent to an activating group) is 1. The number of methoxy groups -OCH3 is 1. The second-order valence-electron chi connectivity index (χ2n) is 14.1. The van der Waals surface area contributed by atoms with E-state index in [1.165, 1.54) is 6.08 Å². The number of pyridine rings is 1. The highest BCUT2D eigenvalue weighted by Crippen LogP contribution is 2.40. The van der Waals surface area contributed by atoms with Crippen molar-refractivity contribution in [1.29, 1.82) is 0 Å². The highest BCUT2D eigenvalue weighted by molar-refractivity contribution is 6.05. The molecule has 3 aliphatic rings. The van der Waals surface area contributed by atoms with Crippen LogP contribution >= 0.6 is 0 Å². The number of aromatic nitrogens is 3. The van der Waals surface area contributed by atoms with Gasteiger partial charge in [0.1, 0.15) is 17.1 Å². The molecule has 53 heavy (non-hydrogen) atoms. The molecule has 2 fully saturated rings. The number of nitrogens with zero attached hydrogens (tertiary/aromatic N) is 8. The second kappa shape index (κ2) is 14.7. The van der Waals surface area contributed by atoms with Gasteiger partial charge in [-0.2, -0.15) is 4.98 Å². The molecular weight excluding hydrogens is 670 g/mol. The van der Waals surface area contributed by atoms with Gasteiger partial charge < -0.3 is 34.6 Å². The first-order valence-electron chi connectivity index (χ1n) is 18.1. The largest absolute Gasteiger partial charge is 0.494 e. The van der Waals surface area contributed by atoms with Crippen LogP contribution in [0.1, 0.15) is 31.4 Å². The fraction of sp³-hybridized carbons (Fsp3) is 0.375. The topological polar surface area (TPSA) is 119 Å². The highest BCUT2D eigenvalue weighted by Gasteiger charge is 2.33. The molecule has 0 spiro atoms. The number of ether oxygens (including phenoxy) is 1. The minimum Gasteiger partial charge on any atom is -0.494 e. The summed E-state index contributed by atoms with van der Waals surface area (Å²) in [6.07, 6.45) is 4.45. The Balaban J connectivity index is 1.31. The maximum Gasteiger partial charge on any atom is 0.276 e. The van der Waals surface area contributed by atoms with E-state index in [0.29, 0.717) is 72.3 Å². The molecule has 2 aromatic heterocycles. The second-order valence-corrected chi connectivity index (χ2v) is 14.1. The molecule has 4 aromatic rings. The molecule has 2 amide bonds. The fourth-order valence-electron chi connectivity index (χ4n) is 7.71. The Bertz CT molecular complexity index is 2160. The molecule has 1 N–H and O–H groups in total.